The molecule has 21 heavy (non-hydrogen) atoms. The summed E-state index contributed by atoms with van der Waals surface area (Å²) in [4.78, 5) is 0. The second kappa shape index (κ2) is 9.00. The van der Waals surface area contributed by atoms with Crippen molar-refractivity contribution in [3.05, 3.63) is 71.8 Å². The lowest BCUT2D eigenvalue weighted by Gasteiger charge is -2.19. The van der Waals surface area contributed by atoms with Gasteiger partial charge >= 0.3 is 0 Å². The average Bonchev–Trinajstić information content (AvgIpc) is 2.53. The monoisotopic (exact) mass is 277 g/mol. The highest BCUT2D eigenvalue weighted by molar-refractivity contribution is 5.19. The van der Waals surface area contributed by atoms with Crippen molar-refractivity contribution in [2.75, 3.05) is 6.54 Å². The average molecular weight is 277 g/mol. The Kier molecular flexibility index (Phi) is 6.58. The Morgan fingerprint density at radius 1 is 0.857 bits per heavy atom. The molecule has 0 aliphatic carbocycles. The van der Waals surface area contributed by atoms with E-state index >= 15 is 0 Å². The molecule has 2 aromatic rings. The van der Waals surface area contributed by atoms with E-state index in [-0.39, 0.29) is 0 Å². The molecular formula is C20H23N. The van der Waals surface area contributed by atoms with Gasteiger partial charge in [-0.05, 0) is 36.9 Å². The van der Waals surface area contributed by atoms with E-state index < -0.39 is 0 Å². The lowest BCUT2D eigenvalue weighted by atomic mass is 9.99. The Balaban J connectivity index is 1.94. The van der Waals surface area contributed by atoms with Gasteiger partial charge < -0.3 is 5.32 Å². The second-order valence-electron chi connectivity index (χ2n) is 5.34. The summed E-state index contributed by atoms with van der Waals surface area (Å²) in [5, 5.41) is 3.66. The summed E-state index contributed by atoms with van der Waals surface area (Å²) in [7, 11) is 0. The van der Waals surface area contributed by atoms with E-state index in [4.69, 9.17) is 6.42 Å². The summed E-state index contributed by atoms with van der Waals surface area (Å²) in [6.07, 6.45) is 9.29. The van der Waals surface area contributed by atoms with E-state index in [0.717, 1.165) is 32.2 Å². The first-order valence-electron chi connectivity index (χ1n) is 7.63. The van der Waals surface area contributed by atoms with Crippen LogP contribution in [-0.4, -0.2) is 12.6 Å². The molecule has 0 atom stereocenters. The molecule has 0 aliphatic rings. The lowest BCUT2D eigenvalue weighted by Crippen LogP contribution is -2.34. The van der Waals surface area contributed by atoms with Crippen LogP contribution in [-0.2, 0) is 12.8 Å². The summed E-state index contributed by atoms with van der Waals surface area (Å²) < 4.78 is 0. The molecule has 1 nitrogen and oxygen atoms in total. The Morgan fingerprint density at radius 2 is 1.38 bits per heavy atom. The Labute approximate surface area is 128 Å². The third-order valence-corrected chi connectivity index (χ3v) is 3.58. The van der Waals surface area contributed by atoms with E-state index in [1.807, 2.05) is 0 Å². The fourth-order valence-corrected chi connectivity index (χ4v) is 2.51. The molecular weight excluding hydrogens is 254 g/mol. The molecule has 0 amide bonds. The molecule has 0 radical (unpaired) electrons. The van der Waals surface area contributed by atoms with Crippen LogP contribution >= 0.6 is 0 Å². The zero-order valence-corrected chi connectivity index (χ0v) is 12.5. The summed E-state index contributed by atoms with van der Waals surface area (Å²) >= 11 is 0. The Hall–Kier alpha value is -2.04. The number of unbranched alkanes of at least 4 members (excludes halogenated alkanes) is 1. The Morgan fingerprint density at radius 3 is 1.86 bits per heavy atom. The number of benzene rings is 2. The molecule has 0 aromatic heterocycles. The molecule has 0 heterocycles. The van der Waals surface area contributed by atoms with Gasteiger partial charge in [-0.2, -0.15) is 0 Å². The summed E-state index contributed by atoms with van der Waals surface area (Å²) in [6.45, 7) is 0.981. The van der Waals surface area contributed by atoms with Gasteiger partial charge in [-0.15, -0.1) is 12.3 Å². The van der Waals surface area contributed by atoms with Gasteiger partial charge in [0.05, 0.1) is 0 Å². The molecule has 0 saturated heterocycles. The van der Waals surface area contributed by atoms with Crippen molar-refractivity contribution >= 4 is 0 Å². The highest BCUT2D eigenvalue weighted by Crippen LogP contribution is 2.09. The molecule has 0 aliphatic heterocycles. The van der Waals surface area contributed by atoms with E-state index in [0.29, 0.717) is 6.04 Å². The van der Waals surface area contributed by atoms with Crippen LogP contribution in [0.15, 0.2) is 60.7 Å². The predicted octanol–water partition coefficient (Wildman–Crippen LogP) is 3.84. The van der Waals surface area contributed by atoms with E-state index in [1.165, 1.54) is 11.1 Å². The summed E-state index contributed by atoms with van der Waals surface area (Å²) in [5.74, 6) is 2.70. The number of rotatable bonds is 8. The molecule has 108 valence electrons. The third kappa shape index (κ3) is 5.85. The van der Waals surface area contributed by atoms with Crippen molar-refractivity contribution in [3.8, 4) is 12.3 Å². The van der Waals surface area contributed by atoms with Gasteiger partial charge in [0.25, 0.3) is 0 Å². The Bertz CT molecular complexity index is 498. The summed E-state index contributed by atoms with van der Waals surface area (Å²) in [5.41, 5.74) is 2.76. The second-order valence-corrected chi connectivity index (χ2v) is 5.34. The highest BCUT2D eigenvalue weighted by atomic mass is 14.9. The maximum atomic E-state index is 5.31. The molecule has 1 N–H and O–H groups in total. The van der Waals surface area contributed by atoms with Crippen molar-refractivity contribution in [3.63, 3.8) is 0 Å². The van der Waals surface area contributed by atoms with Gasteiger partial charge in [0.1, 0.15) is 0 Å². The minimum absolute atomic E-state index is 0.451. The fraction of sp³-hybridized carbons (Fsp3) is 0.300. The van der Waals surface area contributed by atoms with Crippen LogP contribution in [0.25, 0.3) is 0 Å². The third-order valence-electron chi connectivity index (χ3n) is 3.58. The van der Waals surface area contributed by atoms with Crippen molar-refractivity contribution in [1.82, 2.24) is 5.32 Å². The number of terminal acetylenes is 1. The topological polar surface area (TPSA) is 12.0 Å². The maximum absolute atomic E-state index is 5.31. The molecule has 1 heteroatoms. The van der Waals surface area contributed by atoms with Crippen LogP contribution in [0.2, 0.25) is 0 Å². The quantitative estimate of drug-likeness (QED) is 0.571. The summed E-state index contributed by atoms with van der Waals surface area (Å²) in [6, 6.07) is 21.8. The van der Waals surface area contributed by atoms with Crippen molar-refractivity contribution in [2.45, 2.75) is 31.7 Å². The minimum atomic E-state index is 0.451. The van der Waals surface area contributed by atoms with Gasteiger partial charge in [-0.1, -0.05) is 60.7 Å². The molecule has 0 spiro atoms. The van der Waals surface area contributed by atoms with Crippen LogP contribution < -0.4 is 5.32 Å². The van der Waals surface area contributed by atoms with Crippen LogP contribution in [0, 0.1) is 12.3 Å². The SMILES string of the molecule is C#CCCCNC(Cc1ccccc1)Cc1ccccc1. The first-order valence-corrected chi connectivity index (χ1v) is 7.63. The van der Waals surface area contributed by atoms with Crippen molar-refractivity contribution in [1.29, 1.82) is 0 Å². The van der Waals surface area contributed by atoms with Crippen molar-refractivity contribution < 1.29 is 0 Å². The smallest absolute Gasteiger partial charge is 0.0148 e. The fourth-order valence-electron chi connectivity index (χ4n) is 2.51. The van der Waals surface area contributed by atoms with Gasteiger partial charge in [-0.3, -0.25) is 0 Å². The standard InChI is InChI=1S/C20H23N/c1-2-3-10-15-21-20(16-18-11-6-4-7-12-18)17-19-13-8-5-9-14-19/h1,4-9,11-14,20-21H,3,10,15-17H2. The van der Waals surface area contributed by atoms with E-state index in [2.05, 4.69) is 71.9 Å². The molecule has 0 unspecified atom stereocenters. The molecule has 0 fully saturated rings. The normalized spacial score (nSPS) is 10.5. The van der Waals surface area contributed by atoms with Crippen LogP contribution in [0.5, 0.6) is 0 Å². The van der Waals surface area contributed by atoms with Crippen molar-refractivity contribution in [2.24, 2.45) is 0 Å². The molecule has 0 saturated carbocycles. The van der Waals surface area contributed by atoms with E-state index in [9.17, 15) is 0 Å². The zero-order valence-electron chi connectivity index (χ0n) is 12.5. The van der Waals surface area contributed by atoms with Gasteiger partial charge in [0.15, 0.2) is 0 Å². The number of nitrogens with one attached hydrogen (secondary N) is 1. The van der Waals surface area contributed by atoms with Gasteiger partial charge in [0.2, 0.25) is 0 Å². The number of hydrogen-bond donors (Lipinski definition) is 1. The minimum Gasteiger partial charge on any atom is -0.313 e. The van der Waals surface area contributed by atoms with Crippen LogP contribution in [0.1, 0.15) is 24.0 Å². The molecule has 0 bridgehead atoms. The first-order chi connectivity index (χ1) is 10.4. The predicted molar refractivity (Wildman–Crippen MR) is 90.1 cm³/mol. The zero-order chi connectivity index (χ0) is 14.8. The maximum Gasteiger partial charge on any atom is 0.0148 e. The highest BCUT2D eigenvalue weighted by Gasteiger charge is 2.09. The molecule has 2 rings (SSSR count). The van der Waals surface area contributed by atoms with Gasteiger partial charge in [-0.25, -0.2) is 0 Å². The molecule has 2 aromatic carbocycles. The lowest BCUT2D eigenvalue weighted by molar-refractivity contribution is 0.500. The van der Waals surface area contributed by atoms with Crippen LogP contribution in [0.4, 0.5) is 0 Å². The largest absolute Gasteiger partial charge is 0.313 e. The van der Waals surface area contributed by atoms with Crippen LogP contribution in [0.3, 0.4) is 0 Å². The van der Waals surface area contributed by atoms with Gasteiger partial charge in [0, 0.05) is 12.5 Å². The first kappa shape index (κ1) is 15.4. The number of hydrogen-bond acceptors (Lipinski definition) is 1. The van der Waals surface area contributed by atoms with E-state index in [1.54, 1.807) is 0 Å².